The molecule has 0 radical (unpaired) electrons. The summed E-state index contributed by atoms with van der Waals surface area (Å²) in [6.07, 6.45) is 6.72. The van der Waals surface area contributed by atoms with Crippen LogP contribution in [0.5, 0.6) is 5.75 Å². The molecule has 1 aliphatic carbocycles. The second kappa shape index (κ2) is 5.87. The summed E-state index contributed by atoms with van der Waals surface area (Å²) in [4.78, 5) is 0. The van der Waals surface area contributed by atoms with Crippen molar-refractivity contribution in [3.05, 3.63) is 28.2 Å². The molecule has 1 fully saturated rings. The third kappa shape index (κ3) is 3.46. The minimum absolute atomic E-state index is 0.0492. The zero-order valence-corrected chi connectivity index (χ0v) is 11.9. The van der Waals surface area contributed by atoms with Gasteiger partial charge in [0.25, 0.3) is 0 Å². The molecule has 0 saturated heterocycles. The van der Waals surface area contributed by atoms with Gasteiger partial charge >= 0.3 is 0 Å². The van der Waals surface area contributed by atoms with Gasteiger partial charge in [-0.3, -0.25) is 0 Å². The van der Waals surface area contributed by atoms with E-state index in [0.29, 0.717) is 6.10 Å². The molecule has 3 heteroatoms. The molecule has 94 valence electrons. The molecule has 0 amide bonds. The molecule has 2 rings (SSSR count). The lowest BCUT2D eigenvalue weighted by atomic mass is 9.98. The molecule has 1 unspecified atom stereocenters. The summed E-state index contributed by atoms with van der Waals surface area (Å²) in [6.45, 7) is 1.99. The summed E-state index contributed by atoms with van der Waals surface area (Å²) in [7, 11) is 0. The van der Waals surface area contributed by atoms with Crippen molar-refractivity contribution < 1.29 is 4.74 Å². The lowest BCUT2D eigenvalue weighted by Gasteiger charge is -2.23. The van der Waals surface area contributed by atoms with Gasteiger partial charge in [0.1, 0.15) is 5.75 Å². The molecule has 0 heterocycles. The van der Waals surface area contributed by atoms with Crippen LogP contribution in [0.4, 0.5) is 0 Å². The van der Waals surface area contributed by atoms with Crippen LogP contribution in [-0.4, -0.2) is 6.10 Å². The number of ether oxygens (including phenoxy) is 1. The highest BCUT2D eigenvalue weighted by molar-refractivity contribution is 9.10. The maximum Gasteiger partial charge on any atom is 0.120 e. The minimum Gasteiger partial charge on any atom is -0.490 e. The van der Waals surface area contributed by atoms with E-state index in [9.17, 15) is 0 Å². The van der Waals surface area contributed by atoms with Crippen LogP contribution in [0.25, 0.3) is 0 Å². The number of benzene rings is 1. The average molecular weight is 298 g/mol. The zero-order chi connectivity index (χ0) is 12.3. The Labute approximate surface area is 112 Å². The van der Waals surface area contributed by atoms with Crippen LogP contribution in [0.3, 0.4) is 0 Å². The lowest BCUT2D eigenvalue weighted by Crippen LogP contribution is -2.19. The van der Waals surface area contributed by atoms with Gasteiger partial charge in [0.05, 0.1) is 6.10 Å². The fraction of sp³-hybridized carbons (Fsp3) is 0.571. The maximum absolute atomic E-state index is 6.00. The predicted octanol–water partition coefficient (Wildman–Crippen LogP) is 4.18. The molecule has 2 nitrogen and oxygen atoms in total. The molecule has 1 atom stereocenters. The van der Waals surface area contributed by atoms with E-state index in [1.807, 2.05) is 25.1 Å². The molecule has 1 saturated carbocycles. The van der Waals surface area contributed by atoms with Crippen LogP contribution in [0.15, 0.2) is 22.7 Å². The fourth-order valence-electron chi connectivity index (χ4n) is 2.33. The topological polar surface area (TPSA) is 35.2 Å². The van der Waals surface area contributed by atoms with Crippen molar-refractivity contribution in [2.75, 3.05) is 0 Å². The molecule has 0 bridgehead atoms. The number of nitrogens with two attached hydrogens (primary N) is 1. The summed E-state index contributed by atoms with van der Waals surface area (Å²) in [6, 6.07) is 6.16. The summed E-state index contributed by atoms with van der Waals surface area (Å²) in [5.41, 5.74) is 7.00. The summed E-state index contributed by atoms with van der Waals surface area (Å²) >= 11 is 3.55. The predicted molar refractivity (Wildman–Crippen MR) is 74.2 cm³/mol. The van der Waals surface area contributed by atoms with E-state index < -0.39 is 0 Å². The van der Waals surface area contributed by atoms with Gasteiger partial charge in [-0.25, -0.2) is 0 Å². The number of hydrogen-bond acceptors (Lipinski definition) is 2. The number of hydrogen-bond donors (Lipinski definition) is 1. The minimum atomic E-state index is 0.0492. The Morgan fingerprint density at radius 2 is 2.00 bits per heavy atom. The van der Waals surface area contributed by atoms with E-state index in [1.54, 1.807) is 0 Å². The molecule has 0 aromatic heterocycles. The lowest BCUT2D eigenvalue weighted by molar-refractivity contribution is 0.155. The molecule has 1 aliphatic rings. The van der Waals surface area contributed by atoms with E-state index in [1.165, 1.54) is 32.1 Å². The molecule has 1 aromatic carbocycles. The van der Waals surface area contributed by atoms with Crippen LogP contribution in [0.2, 0.25) is 0 Å². The molecule has 2 N–H and O–H groups in total. The Morgan fingerprint density at radius 1 is 1.29 bits per heavy atom. The summed E-state index contributed by atoms with van der Waals surface area (Å²) in [5.74, 6) is 0.952. The van der Waals surface area contributed by atoms with Gasteiger partial charge < -0.3 is 10.5 Å². The third-order valence-corrected chi connectivity index (χ3v) is 4.00. The highest BCUT2D eigenvalue weighted by atomic mass is 79.9. The van der Waals surface area contributed by atoms with Gasteiger partial charge in [-0.15, -0.1) is 0 Å². The van der Waals surface area contributed by atoms with Crippen molar-refractivity contribution in [1.29, 1.82) is 0 Å². The van der Waals surface area contributed by atoms with Crippen LogP contribution in [0, 0.1) is 0 Å². The van der Waals surface area contributed by atoms with E-state index in [4.69, 9.17) is 10.5 Å². The fourth-order valence-corrected chi connectivity index (χ4v) is 3.04. The quantitative estimate of drug-likeness (QED) is 0.908. The van der Waals surface area contributed by atoms with E-state index >= 15 is 0 Å². The summed E-state index contributed by atoms with van der Waals surface area (Å²) < 4.78 is 7.04. The first-order valence-corrected chi connectivity index (χ1v) is 7.18. The van der Waals surface area contributed by atoms with Gasteiger partial charge in [0, 0.05) is 10.5 Å². The second-order valence-electron chi connectivity index (χ2n) is 4.85. The van der Waals surface area contributed by atoms with Crippen LogP contribution in [-0.2, 0) is 0 Å². The first-order valence-electron chi connectivity index (χ1n) is 6.38. The molecule has 0 aliphatic heterocycles. The van der Waals surface area contributed by atoms with Crippen molar-refractivity contribution >= 4 is 15.9 Å². The van der Waals surface area contributed by atoms with Gasteiger partial charge in [-0.2, -0.15) is 0 Å². The number of rotatable bonds is 3. The molecular formula is C14H20BrNO. The monoisotopic (exact) mass is 297 g/mol. The third-order valence-electron chi connectivity index (χ3n) is 3.32. The molecule has 1 aromatic rings. The number of halogens is 1. The smallest absolute Gasteiger partial charge is 0.120 e. The van der Waals surface area contributed by atoms with E-state index in [2.05, 4.69) is 15.9 Å². The van der Waals surface area contributed by atoms with Gasteiger partial charge in [-0.1, -0.05) is 28.4 Å². The molecule has 17 heavy (non-hydrogen) atoms. The Morgan fingerprint density at radius 3 is 2.59 bits per heavy atom. The van der Waals surface area contributed by atoms with Crippen LogP contribution in [0.1, 0.15) is 50.6 Å². The normalized spacial score (nSPS) is 19.0. The largest absolute Gasteiger partial charge is 0.490 e. The van der Waals surface area contributed by atoms with Crippen molar-refractivity contribution in [2.45, 2.75) is 51.2 Å². The first kappa shape index (κ1) is 12.9. The summed E-state index contributed by atoms with van der Waals surface area (Å²) in [5, 5.41) is 0. The van der Waals surface area contributed by atoms with Gasteiger partial charge in [0.2, 0.25) is 0 Å². The highest BCUT2D eigenvalue weighted by Crippen LogP contribution is 2.29. The molecule has 0 spiro atoms. The Balaban J connectivity index is 2.04. The van der Waals surface area contributed by atoms with Crippen molar-refractivity contribution in [1.82, 2.24) is 0 Å². The first-order chi connectivity index (χ1) is 8.16. The Kier molecular flexibility index (Phi) is 4.46. The standard InChI is InChI=1S/C14H20BrNO/c1-10(16)13-8-7-12(9-14(13)15)17-11-5-3-2-4-6-11/h7-11H,2-6,16H2,1H3. The Bertz CT molecular complexity index is 372. The highest BCUT2D eigenvalue weighted by Gasteiger charge is 2.15. The van der Waals surface area contributed by atoms with Crippen molar-refractivity contribution in [3.63, 3.8) is 0 Å². The zero-order valence-electron chi connectivity index (χ0n) is 10.3. The van der Waals surface area contributed by atoms with Crippen molar-refractivity contribution in [3.8, 4) is 5.75 Å². The van der Waals surface area contributed by atoms with Crippen LogP contribution < -0.4 is 10.5 Å². The maximum atomic E-state index is 6.00. The van der Waals surface area contributed by atoms with Crippen molar-refractivity contribution in [2.24, 2.45) is 5.73 Å². The van der Waals surface area contributed by atoms with Crippen LogP contribution >= 0.6 is 15.9 Å². The van der Waals surface area contributed by atoms with Gasteiger partial charge in [0.15, 0.2) is 0 Å². The van der Waals surface area contributed by atoms with E-state index in [0.717, 1.165) is 15.8 Å². The Hall–Kier alpha value is -0.540. The second-order valence-corrected chi connectivity index (χ2v) is 5.70. The SMILES string of the molecule is CC(N)c1ccc(OC2CCCCC2)cc1Br. The van der Waals surface area contributed by atoms with Gasteiger partial charge in [-0.05, 0) is 50.3 Å². The molecular weight excluding hydrogens is 278 g/mol. The van der Waals surface area contributed by atoms with E-state index in [-0.39, 0.29) is 6.04 Å². The average Bonchev–Trinajstić information content (AvgIpc) is 2.30.